The maximum atomic E-state index is 12.8. The number of carbonyl (C=O) groups is 1. The van der Waals surface area contributed by atoms with Crippen LogP contribution in [0.25, 0.3) is 0 Å². The van der Waals surface area contributed by atoms with Gasteiger partial charge in [-0.2, -0.15) is 0 Å². The number of quaternary nitrogens is 1. The number of aromatic hydroxyl groups is 1. The van der Waals surface area contributed by atoms with Crippen LogP contribution in [0.2, 0.25) is 0 Å². The fraction of sp³-hybridized carbons (Fsp3) is 0.424. The Labute approximate surface area is 233 Å². The van der Waals surface area contributed by atoms with Gasteiger partial charge in [0.2, 0.25) is 0 Å². The lowest BCUT2D eigenvalue weighted by Crippen LogP contribution is -2.51. The molecule has 0 amide bonds. The van der Waals surface area contributed by atoms with Crippen molar-refractivity contribution in [2.24, 2.45) is 0 Å². The van der Waals surface area contributed by atoms with Gasteiger partial charge >= 0.3 is 5.97 Å². The van der Waals surface area contributed by atoms with E-state index in [1.165, 1.54) is 0 Å². The number of esters is 1. The van der Waals surface area contributed by atoms with Gasteiger partial charge in [-0.3, -0.25) is 0 Å². The lowest BCUT2D eigenvalue weighted by molar-refractivity contribution is -0.887. The van der Waals surface area contributed by atoms with E-state index in [0.717, 1.165) is 61.2 Å². The van der Waals surface area contributed by atoms with Gasteiger partial charge in [-0.15, -0.1) is 0 Å². The molecule has 0 aliphatic carbocycles. The summed E-state index contributed by atoms with van der Waals surface area (Å²) >= 11 is 0. The number of hydrogen-bond acceptors (Lipinski definition) is 5. The Balaban J connectivity index is 1.22. The van der Waals surface area contributed by atoms with E-state index < -0.39 is 0 Å². The van der Waals surface area contributed by atoms with Crippen LogP contribution in [0.5, 0.6) is 17.2 Å². The molecule has 0 unspecified atom stereocenters. The Morgan fingerprint density at radius 1 is 0.692 bits per heavy atom. The lowest BCUT2D eigenvalue weighted by Gasteiger charge is -2.32. The molecule has 3 rings (SSSR count). The van der Waals surface area contributed by atoms with Crippen molar-refractivity contribution in [1.29, 1.82) is 0 Å². The zero-order valence-electron chi connectivity index (χ0n) is 23.7. The second-order valence-electron chi connectivity index (χ2n) is 10.9. The number of unbranched alkanes of at least 4 members (excludes halogenated alkanes) is 5. The number of rotatable bonds is 17. The molecule has 0 spiro atoms. The molecular weight excluding hydrogens is 490 g/mol. The summed E-state index contributed by atoms with van der Waals surface area (Å²) in [5, 5.41) is 9.50. The molecule has 0 radical (unpaired) electrons. The number of phenolic OH excluding ortho intramolecular Hbond substituents is 1. The third-order valence-corrected chi connectivity index (χ3v) is 6.70. The molecule has 0 aromatic heterocycles. The first kappa shape index (κ1) is 30.0. The summed E-state index contributed by atoms with van der Waals surface area (Å²) < 4.78 is 17.8. The van der Waals surface area contributed by atoms with Gasteiger partial charge in [-0.1, -0.05) is 68.1 Å². The molecule has 210 valence electrons. The fourth-order valence-electron chi connectivity index (χ4n) is 4.27. The van der Waals surface area contributed by atoms with Gasteiger partial charge in [0.1, 0.15) is 23.9 Å². The van der Waals surface area contributed by atoms with Gasteiger partial charge in [0.15, 0.2) is 6.04 Å². The zero-order chi connectivity index (χ0) is 27.9. The Kier molecular flexibility index (Phi) is 12.2. The Hall–Kier alpha value is -3.51. The van der Waals surface area contributed by atoms with E-state index in [4.69, 9.17) is 14.2 Å². The Morgan fingerprint density at radius 2 is 1.26 bits per heavy atom. The molecule has 0 aliphatic rings. The number of benzene rings is 3. The summed E-state index contributed by atoms with van der Waals surface area (Å²) in [4.78, 5) is 12.8. The summed E-state index contributed by atoms with van der Waals surface area (Å²) in [6.07, 6.45) is 6.91. The third-order valence-electron chi connectivity index (χ3n) is 6.70. The minimum Gasteiger partial charge on any atom is -0.508 e. The van der Waals surface area contributed by atoms with Crippen LogP contribution in [0.1, 0.15) is 49.7 Å². The van der Waals surface area contributed by atoms with Crippen molar-refractivity contribution in [2.45, 2.75) is 57.6 Å². The second-order valence-corrected chi connectivity index (χ2v) is 10.9. The van der Waals surface area contributed by atoms with E-state index in [2.05, 4.69) is 12.1 Å². The standard InChI is InChI=1S/C33H43NO5/c1-34(2,3)32(25-27-15-17-29(35)18-16-27)33(36)38-24-12-7-5-4-6-11-23-37-30-19-21-31(22-20-30)39-26-28-13-9-8-10-14-28/h8-10,13-22,32H,4-7,11-12,23-26H2,1-3H3/p+1/t32-/m0/s1. The first-order valence-electron chi connectivity index (χ1n) is 14.0. The summed E-state index contributed by atoms with van der Waals surface area (Å²) in [5.74, 6) is 1.76. The normalized spacial score (nSPS) is 12.1. The molecule has 0 aliphatic heterocycles. The molecule has 0 saturated heterocycles. The molecule has 1 atom stereocenters. The van der Waals surface area contributed by atoms with Gasteiger partial charge in [0.05, 0.1) is 34.4 Å². The molecule has 3 aromatic carbocycles. The Morgan fingerprint density at radius 3 is 1.87 bits per heavy atom. The third kappa shape index (κ3) is 11.4. The monoisotopic (exact) mass is 534 g/mol. The Bertz CT molecular complexity index is 1090. The summed E-state index contributed by atoms with van der Waals surface area (Å²) in [7, 11) is 6.02. The zero-order valence-corrected chi connectivity index (χ0v) is 23.7. The molecule has 6 nitrogen and oxygen atoms in total. The number of hydrogen-bond donors (Lipinski definition) is 1. The van der Waals surface area contributed by atoms with E-state index in [-0.39, 0.29) is 17.8 Å². The molecule has 6 heteroatoms. The fourth-order valence-corrected chi connectivity index (χ4v) is 4.27. The van der Waals surface area contributed by atoms with Gasteiger partial charge < -0.3 is 23.8 Å². The first-order chi connectivity index (χ1) is 18.8. The highest BCUT2D eigenvalue weighted by molar-refractivity contribution is 5.75. The van der Waals surface area contributed by atoms with Gasteiger partial charge in [-0.25, -0.2) is 4.79 Å². The van der Waals surface area contributed by atoms with Crippen molar-refractivity contribution < 1.29 is 28.6 Å². The van der Waals surface area contributed by atoms with Gasteiger partial charge in [0, 0.05) is 6.42 Å². The highest BCUT2D eigenvalue weighted by atomic mass is 16.5. The molecule has 39 heavy (non-hydrogen) atoms. The van der Waals surface area contributed by atoms with Crippen molar-refractivity contribution in [3.05, 3.63) is 90.0 Å². The number of phenols is 1. The van der Waals surface area contributed by atoms with Crippen molar-refractivity contribution in [3.8, 4) is 17.2 Å². The molecule has 0 saturated carbocycles. The number of likely N-dealkylation sites (N-methyl/N-ethyl adjacent to an activating group) is 1. The number of carbonyl (C=O) groups excluding carboxylic acids is 1. The first-order valence-corrected chi connectivity index (χ1v) is 14.0. The minimum absolute atomic E-state index is 0.163. The van der Waals surface area contributed by atoms with Crippen LogP contribution in [0.15, 0.2) is 78.9 Å². The SMILES string of the molecule is C[N+](C)(C)[C@@H](Cc1ccc(O)cc1)C(=O)OCCCCCCCCOc1ccc(OCc2ccccc2)cc1. The quantitative estimate of drug-likeness (QED) is 0.121. The average Bonchev–Trinajstić information content (AvgIpc) is 2.93. The molecular formula is C33H44NO5+. The van der Waals surface area contributed by atoms with Crippen LogP contribution in [0.3, 0.4) is 0 Å². The van der Waals surface area contributed by atoms with E-state index in [1.54, 1.807) is 12.1 Å². The average molecular weight is 535 g/mol. The smallest absolute Gasteiger partial charge is 0.365 e. The second kappa shape index (κ2) is 15.8. The van der Waals surface area contributed by atoms with Gasteiger partial charge in [0.25, 0.3) is 0 Å². The molecule has 0 bridgehead atoms. The van der Waals surface area contributed by atoms with Gasteiger partial charge in [-0.05, 0) is 60.4 Å². The summed E-state index contributed by atoms with van der Waals surface area (Å²) in [6.45, 7) is 1.72. The molecule has 0 heterocycles. The molecule has 1 N–H and O–H groups in total. The topological polar surface area (TPSA) is 65.0 Å². The minimum atomic E-state index is -0.285. The van der Waals surface area contributed by atoms with Crippen LogP contribution in [-0.4, -0.2) is 56.0 Å². The van der Waals surface area contributed by atoms with Crippen LogP contribution < -0.4 is 9.47 Å². The van der Waals surface area contributed by atoms with Crippen LogP contribution in [0, 0.1) is 0 Å². The lowest BCUT2D eigenvalue weighted by atomic mass is 10.0. The van der Waals surface area contributed by atoms with Crippen LogP contribution in [-0.2, 0) is 22.6 Å². The van der Waals surface area contributed by atoms with Crippen molar-refractivity contribution in [1.82, 2.24) is 0 Å². The van der Waals surface area contributed by atoms with Crippen LogP contribution >= 0.6 is 0 Å². The summed E-state index contributed by atoms with van der Waals surface area (Å²) in [6, 6.07) is 24.7. The maximum Gasteiger partial charge on any atom is 0.365 e. The number of ether oxygens (including phenoxy) is 3. The van der Waals surface area contributed by atoms with Crippen molar-refractivity contribution in [2.75, 3.05) is 34.4 Å². The van der Waals surface area contributed by atoms with E-state index in [0.29, 0.717) is 30.7 Å². The predicted octanol–water partition coefficient (Wildman–Crippen LogP) is 6.55. The van der Waals surface area contributed by atoms with Crippen molar-refractivity contribution >= 4 is 5.97 Å². The van der Waals surface area contributed by atoms with E-state index >= 15 is 0 Å². The molecule has 0 fully saturated rings. The maximum absolute atomic E-state index is 12.8. The van der Waals surface area contributed by atoms with E-state index in [1.807, 2.05) is 75.7 Å². The summed E-state index contributed by atoms with van der Waals surface area (Å²) in [5.41, 5.74) is 2.16. The highest BCUT2D eigenvalue weighted by Crippen LogP contribution is 2.20. The van der Waals surface area contributed by atoms with E-state index in [9.17, 15) is 9.90 Å². The predicted molar refractivity (Wildman–Crippen MR) is 155 cm³/mol. The highest BCUT2D eigenvalue weighted by Gasteiger charge is 2.33. The van der Waals surface area contributed by atoms with Crippen molar-refractivity contribution in [3.63, 3.8) is 0 Å². The molecule has 3 aromatic rings. The largest absolute Gasteiger partial charge is 0.508 e. The number of nitrogens with zero attached hydrogens (tertiary/aromatic N) is 1. The van der Waals surface area contributed by atoms with Crippen LogP contribution in [0.4, 0.5) is 0 Å².